The average Bonchev–Trinajstić information content (AvgIpc) is 2.69. The van der Waals surface area contributed by atoms with Crippen molar-refractivity contribution in [1.82, 2.24) is 0 Å². The van der Waals surface area contributed by atoms with Gasteiger partial charge in [0.15, 0.2) is 9.84 Å². The summed E-state index contributed by atoms with van der Waals surface area (Å²) in [5, 5.41) is 2.73. The summed E-state index contributed by atoms with van der Waals surface area (Å²) in [5.41, 5.74) is 3.39. The first kappa shape index (κ1) is 18.9. The van der Waals surface area contributed by atoms with Crippen molar-refractivity contribution in [3.05, 3.63) is 84.4 Å². The molecule has 4 nitrogen and oxygen atoms in total. The van der Waals surface area contributed by atoms with Gasteiger partial charge in [-0.05, 0) is 28.8 Å². The first-order valence-corrected chi connectivity index (χ1v) is 10.4. The summed E-state index contributed by atoms with van der Waals surface area (Å²) in [7, 11) is -3.40. The van der Waals surface area contributed by atoms with Crippen LogP contribution >= 0.6 is 0 Å². The second kappa shape index (κ2) is 8.18. The van der Waals surface area contributed by atoms with Gasteiger partial charge in [-0.3, -0.25) is 4.79 Å². The molecule has 3 rings (SSSR count). The fourth-order valence-corrected chi connectivity index (χ4v) is 3.87. The van der Waals surface area contributed by atoms with Gasteiger partial charge in [0, 0.05) is 0 Å². The Morgan fingerprint density at radius 3 is 2.07 bits per heavy atom. The summed E-state index contributed by atoms with van der Waals surface area (Å²) < 4.78 is 24.4. The zero-order chi connectivity index (χ0) is 19.3. The molecule has 0 aromatic heterocycles. The zero-order valence-corrected chi connectivity index (χ0v) is 15.9. The van der Waals surface area contributed by atoms with E-state index in [0.29, 0.717) is 5.69 Å². The van der Waals surface area contributed by atoms with Crippen LogP contribution < -0.4 is 5.32 Å². The molecule has 5 heteroatoms. The number of sulfone groups is 1. The highest BCUT2D eigenvalue weighted by atomic mass is 32.2. The molecular weight excluding hydrogens is 358 g/mol. The van der Waals surface area contributed by atoms with Crippen molar-refractivity contribution >= 4 is 21.4 Å². The SMILES string of the molecule is CCS(=O)(=O)c1ccccc1NC(=O)Cc1ccc(-c2ccccc2)cc1. The Hall–Kier alpha value is -2.92. The number of benzene rings is 3. The highest BCUT2D eigenvalue weighted by Crippen LogP contribution is 2.23. The van der Waals surface area contributed by atoms with Crippen molar-refractivity contribution in [2.24, 2.45) is 0 Å². The fraction of sp³-hybridized carbons (Fsp3) is 0.136. The van der Waals surface area contributed by atoms with Crippen LogP contribution in [0, 0.1) is 0 Å². The van der Waals surface area contributed by atoms with E-state index in [0.717, 1.165) is 16.7 Å². The van der Waals surface area contributed by atoms with Crippen molar-refractivity contribution < 1.29 is 13.2 Å². The Bertz CT molecular complexity index is 1030. The second-order valence-electron chi connectivity index (χ2n) is 6.19. The molecule has 0 fully saturated rings. The van der Waals surface area contributed by atoms with Crippen LogP contribution in [0.1, 0.15) is 12.5 Å². The molecule has 27 heavy (non-hydrogen) atoms. The molecule has 0 bridgehead atoms. The molecule has 1 amide bonds. The van der Waals surface area contributed by atoms with E-state index in [4.69, 9.17) is 0 Å². The first-order chi connectivity index (χ1) is 13.0. The van der Waals surface area contributed by atoms with E-state index in [9.17, 15) is 13.2 Å². The second-order valence-corrected chi connectivity index (χ2v) is 8.43. The van der Waals surface area contributed by atoms with Gasteiger partial charge in [0.1, 0.15) is 0 Å². The number of para-hydroxylation sites is 1. The van der Waals surface area contributed by atoms with E-state index >= 15 is 0 Å². The molecule has 0 heterocycles. The van der Waals surface area contributed by atoms with Crippen LogP contribution in [0.3, 0.4) is 0 Å². The average molecular weight is 379 g/mol. The molecule has 3 aromatic carbocycles. The molecule has 0 aliphatic heterocycles. The Kier molecular flexibility index (Phi) is 5.72. The van der Waals surface area contributed by atoms with Gasteiger partial charge in [0.2, 0.25) is 5.91 Å². The third-order valence-corrected chi connectivity index (χ3v) is 6.09. The van der Waals surface area contributed by atoms with Gasteiger partial charge in [-0.1, -0.05) is 73.7 Å². The lowest BCUT2D eigenvalue weighted by Crippen LogP contribution is -2.17. The quantitative estimate of drug-likeness (QED) is 0.693. The summed E-state index contributed by atoms with van der Waals surface area (Å²) >= 11 is 0. The van der Waals surface area contributed by atoms with E-state index in [1.54, 1.807) is 25.1 Å². The number of hydrogen-bond donors (Lipinski definition) is 1. The van der Waals surface area contributed by atoms with Gasteiger partial charge in [-0.2, -0.15) is 0 Å². The number of carbonyl (C=O) groups is 1. The van der Waals surface area contributed by atoms with E-state index in [1.165, 1.54) is 6.07 Å². The molecule has 0 aliphatic rings. The van der Waals surface area contributed by atoms with Gasteiger partial charge in [-0.15, -0.1) is 0 Å². The molecule has 0 spiro atoms. The van der Waals surface area contributed by atoms with Gasteiger partial charge in [-0.25, -0.2) is 8.42 Å². The maximum atomic E-state index is 12.4. The molecular formula is C22H21NO3S. The van der Waals surface area contributed by atoms with Gasteiger partial charge in [0.05, 0.1) is 22.8 Å². The summed E-state index contributed by atoms with van der Waals surface area (Å²) in [6, 6.07) is 24.3. The van der Waals surface area contributed by atoms with Crippen LogP contribution in [-0.4, -0.2) is 20.1 Å². The van der Waals surface area contributed by atoms with E-state index in [2.05, 4.69) is 5.32 Å². The Morgan fingerprint density at radius 1 is 0.815 bits per heavy atom. The van der Waals surface area contributed by atoms with Gasteiger partial charge < -0.3 is 5.32 Å². The lowest BCUT2D eigenvalue weighted by Gasteiger charge is -2.11. The van der Waals surface area contributed by atoms with Crippen molar-refractivity contribution in [3.8, 4) is 11.1 Å². The van der Waals surface area contributed by atoms with Gasteiger partial charge >= 0.3 is 0 Å². The van der Waals surface area contributed by atoms with Gasteiger partial charge in [0.25, 0.3) is 0 Å². The minimum Gasteiger partial charge on any atom is -0.325 e. The third kappa shape index (κ3) is 4.63. The highest BCUT2D eigenvalue weighted by molar-refractivity contribution is 7.91. The monoisotopic (exact) mass is 379 g/mol. The number of rotatable bonds is 6. The number of nitrogens with one attached hydrogen (secondary N) is 1. The largest absolute Gasteiger partial charge is 0.325 e. The van der Waals surface area contributed by atoms with Crippen LogP contribution in [0.15, 0.2) is 83.8 Å². The normalized spacial score (nSPS) is 11.1. The minimum absolute atomic E-state index is 0.0131. The van der Waals surface area contributed by atoms with Crippen LogP contribution in [0.25, 0.3) is 11.1 Å². The van der Waals surface area contributed by atoms with Crippen LogP contribution in [0.5, 0.6) is 0 Å². The van der Waals surface area contributed by atoms with E-state index in [-0.39, 0.29) is 23.0 Å². The molecule has 1 N–H and O–H groups in total. The van der Waals surface area contributed by atoms with Crippen molar-refractivity contribution in [1.29, 1.82) is 0 Å². The zero-order valence-electron chi connectivity index (χ0n) is 15.1. The molecule has 0 radical (unpaired) electrons. The number of hydrogen-bond acceptors (Lipinski definition) is 3. The lowest BCUT2D eigenvalue weighted by atomic mass is 10.0. The number of amides is 1. The maximum Gasteiger partial charge on any atom is 0.228 e. The minimum atomic E-state index is -3.40. The topological polar surface area (TPSA) is 63.2 Å². The predicted octanol–water partition coefficient (Wildman–Crippen LogP) is 4.33. The standard InChI is InChI=1S/C22H21NO3S/c1-2-27(25,26)21-11-7-6-10-20(21)23-22(24)16-17-12-14-19(15-13-17)18-8-4-3-5-9-18/h3-15H,2,16H2,1H3,(H,23,24). The Labute approximate surface area is 159 Å². The highest BCUT2D eigenvalue weighted by Gasteiger charge is 2.17. The molecule has 138 valence electrons. The third-order valence-electron chi connectivity index (χ3n) is 4.30. The van der Waals surface area contributed by atoms with E-state index in [1.807, 2.05) is 54.6 Å². The number of carbonyl (C=O) groups excluding carboxylic acids is 1. The van der Waals surface area contributed by atoms with Crippen LogP contribution in [0.2, 0.25) is 0 Å². The van der Waals surface area contributed by atoms with Crippen LogP contribution in [-0.2, 0) is 21.1 Å². The molecule has 0 atom stereocenters. The smallest absolute Gasteiger partial charge is 0.228 e. The summed E-state index contributed by atoms with van der Waals surface area (Å²) in [6.45, 7) is 1.59. The fourth-order valence-electron chi connectivity index (χ4n) is 2.82. The maximum absolute atomic E-state index is 12.4. The first-order valence-electron chi connectivity index (χ1n) is 8.75. The molecule has 0 unspecified atom stereocenters. The predicted molar refractivity (Wildman–Crippen MR) is 108 cm³/mol. The van der Waals surface area contributed by atoms with Crippen molar-refractivity contribution in [2.45, 2.75) is 18.2 Å². The molecule has 3 aromatic rings. The number of anilines is 1. The summed E-state index contributed by atoms with van der Waals surface area (Å²) in [4.78, 5) is 12.6. The van der Waals surface area contributed by atoms with E-state index < -0.39 is 9.84 Å². The van der Waals surface area contributed by atoms with Crippen molar-refractivity contribution in [2.75, 3.05) is 11.1 Å². The Morgan fingerprint density at radius 2 is 1.41 bits per heavy atom. The summed E-state index contributed by atoms with van der Waals surface area (Å²) in [5.74, 6) is -0.262. The lowest BCUT2D eigenvalue weighted by molar-refractivity contribution is -0.115. The van der Waals surface area contributed by atoms with Crippen molar-refractivity contribution in [3.63, 3.8) is 0 Å². The molecule has 0 saturated heterocycles. The molecule has 0 aliphatic carbocycles. The molecule has 0 saturated carbocycles. The Balaban J connectivity index is 1.72. The summed E-state index contributed by atoms with van der Waals surface area (Å²) in [6.07, 6.45) is 0.176. The van der Waals surface area contributed by atoms with Crippen LogP contribution in [0.4, 0.5) is 5.69 Å².